The summed E-state index contributed by atoms with van der Waals surface area (Å²) in [5.41, 5.74) is 3.18. The summed E-state index contributed by atoms with van der Waals surface area (Å²) in [6, 6.07) is 15.8. The Kier molecular flexibility index (Phi) is 6.22. The van der Waals surface area contributed by atoms with E-state index in [1.807, 2.05) is 35.1 Å². The van der Waals surface area contributed by atoms with Gasteiger partial charge in [0.05, 0.1) is 18.7 Å². The molecule has 2 aromatic carbocycles. The van der Waals surface area contributed by atoms with Crippen molar-refractivity contribution < 1.29 is 9.53 Å². The number of carbonyl (C=O) groups is 1. The number of halogens is 1. The van der Waals surface area contributed by atoms with Crippen LogP contribution < -0.4 is 10.6 Å². The van der Waals surface area contributed by atoms with Gasteiger partial charge in [0.15, 0.2) is 10.9 Å². The van der Waals surface area contributed by atoms with Crippen molar-refractivity contribution in [3.63, 3.8) is 0 Å². The van der Waals surface area contributed by atoms with Gasteiger partial charge in [-0.05, 0) is 42.9 Å². The van der Waals surface area contributed by atoms with Gasteiger partial charge in [0.25, 0.3) is 0 Å². The molecule has 0 radical (unpaired) electrons. The molecule has 0 amide bonds. The zero-order chi connectivity index (χ0) is 22.0. The highest BCUT2D eigenvalue weighted by molar-refractivity contribution is 7.80. The van der Waals surface area contributed by atoms with Crippen LogP contribution in [0.1, 0.15) is 20.8 Å². The van der Waals surface area contributed by atoms with E-state index >= 15 is 0 Å². The molecule has 158 valence electrons. The van der Waals surface area contributed by atoms with Gasteiger partial charge in [-0.3, -0.25) is 4.68 Å². The molecule has 2 heterocycles. The molecule has 9 heteroatoms. The Hall–Kier alpha value is -2.94. The van der Waals surface area contributed by atoms with Crippen molar-refractivity contribution in [2.24, 2.45) is 0 Å². The minimum Gasteiger partial charge on any atom is -0.465 e. The molecule has 0 aliphatic rings. The first-order valence-electron chi connectivity index (χ1n) is 9.40. The van der Waals surface area contributed by atoms with Gasteiger partial charge in [-0.2, -0.15) is 5.10 Å². The van der Waals surface area contributed by atoms with Crippen molar-refractivity contribution >= 4 is 67.8 Å². The van der Waals surface area contributed by atoms with Crippen LogP contribution in [0.15, 0.2) is 54.7 Å². The molecule has 0 fully saturated rings. The lowest BCUT2D eigenvalue weighted by Crippen LogP contribution is -2.19. The third-order valence-electron chi connectivity index (χ3n) is 4.61. The monoisotopic (exact) mass is 470 g/mol. The second-order valence-corrected chi connectivity index (χ2v) is 8.75. The Balaban J connectivity index is 1.41. The number of fused-ring (bicyclic) bond motifs is 1. The minimum atomic E-state index is -0.445. The highest BCUT2D eigenvalue weighted by atomic mass is 35.5. The highest BCUT2D eigenvalue weighted by Gasteiger charge is 2.17. The standard InChI is InChI=1S/C22H19ClN4O2S2/c1-13-3-5-14(6-4-13)12-27-10-9-18(26-27)25-22(30)24-15-7-8-16-17(11-15)31-20(19(16)23)21(28)29-2/h3-11H,12H2,1-2H3,(H2,24,25,26,30). The van der Waals surface area contributed by atoms with Crippen LogP contribution in [0, 0.1) is 6.92 Å². The van der Waals surface area contributed by atoms with Gasteiger partial charge in [0.1, 0.15) is 4.88 Å². The Morgan fingerprint density at radius 2 is 1.97 bits per heavy atom. The summed E-state index contributed by atoms with van der Waals surface area (Å²) in [6.45, 7) is 2.75. The van der Waals surface area contributed by atoms with Gasteiger partial charge >= 0.3 is 5.97 Å². The smallest absolute Gasteiger partial charge is 0.349 e. The van der Waals surface area contributed by atoms with Gasteiger partial charge in [-0.15, -0.1) is 11.3 Å². The molecule has 31 heavy (non-hydrogen) atoms. The maximum Gasteiger partial charge on any atom is 0.349 e. The number of methoxy groups -OCH3 is 1. The van der Waals surface area contributed by atoms with Gasteiger partial charge in [0, 0.05) is 28.0 Å². The van der Waals surface area contributed by atoms with Gasteiger partial charge in [0.2, 0.25) is 0 Å². The fraction of sp³-hybridized carbons (Fsp3) is 0.136. The highest BCUT2D eigenvalue weighted by Crippen LogP contribution is 2.37. The van der Waals surface area contributed by atoms with Crippen LogP contribution in [0.5, 0.6) is 0 Å². The quantitative estimate of drug-likeness (QED) is 0.288. The number of ether oxygens (including phenoxy) is 1. The topological polar surface area (TPSA) is 68.2 Å². The Morgan fingerprint density at radius 1 is 1.19 bits per heavy atom. The molecule has 2 aromatic heterocycles. The molecule has 0 unspecified atom stereocenters. The average Bonchev–Trinajstić information content (AvgIpc) is 3.32. The Bertz CT molecular complexity index is 1260. The summed E-state index contributed by atoms with van der Waals surface area (Å²) >= 11 is 13.0. The number of thiophene rings is 1. The van der Waals surface area contributed by atoms with E-state index in [1.165, 1.54) is 29.6 Å². The molecular formula is C22H19ClN4O2S2. The Morgan fingerprint density at radius 3 is 2.71 bits per heavy atom. The number of nitrogens with one attached hydrogen (secondary N) is 2. The van der Waals surface area contributed by atoms with E-state index in [0.29, 0.717) is 27.4 Å². The summed E-state index contributed by atoms with van der Waals surface area (Å²) in [4.78, 5) is 12.2. The molecule has 6 nitrogen and oxygen atoms in total. The lowest BCUT2D eigenvalue weighted by Gasteiger charge is -2.09. The van der Waals surface area contributed by atoms with Crippen LogP contribution in [-0.2, 0) is 11.3 Å². The molecule has 0 saturated heterocycles. The first-order valence-corrected chi connectivity index (χ1v) is 11.0. The largest absolute Gasteiger partial charge is 0.465 e. The summed E-state index contributed by atoms with van der Waals surface area (Å²) in [5, 5.41) is 12.4. The van der Waals surface area contributed by atoms with Crippen molar-refractivity contribution in [2.45, 2.75) is 13.5 Å². The number of carbonyl (C=O) groups excluding carboxylic acids is 1. The number of nitrogens with zero attached hydrogens (tertiary/aromatic N) is 2. The molecule has 4 rings (SSSR count). The third kappa shape index (κ3) is 4.87. The van der Waals surface area contributed by atoms with E-state index in [0.717, 1.165) is 15.8 Å². The van der Waals surface area contributed by atoms with Crippen LogP contribution >= 0.6 is 35.2 Å². The molecular weight excluding hydrogens is 452 g/mol. The van der Waals surface area contributed by atoms with E-state index in [1.54, 1.807) is 0 Å². The van der Waals surface area contributed by atoms with Gasteiger partial charge < -0.3 is 15.4 Å². The second-order valence-electron chi connectivity index (χ2n) is 6.91. The molecule has 2 N–H and O–H groups in total. The molecule has 0 atom stereocenters. The molecule has 0 aliphatic heterocycles. The molecule has 0 spiro atoms. The molecule has 0 saturated carbocycles. The van der Waals surface area contributed by atoms with Crippen molar-refractivity contribution in [1.29, 1.82) is 0 Å². The maximum atomic E-state index is 11.9. The van der Waals surface area contributed by atoms with E-state index in [4.69, 9.17) is 28.6 Å². The van der Waals surface area contributed by atoms with Gasteiger partial charge in [-0.1, -0.05) is 41.4 Å². The lowest BCUT2D eigenvalue weighted by atomic mass is 10.1. The fourth-order valence-electron chi connectivity index (χ4n) is 3.04. The number of anilines is 2. The number of esters is 1. The summed E-state index contributed by atoms with van der Waals surface area (Å²) < 4.78 is 7.50. The third-order valence-corrected chi connectivity index (χ3v) is 6.45. The van der Waals surface area contributed by atoms with Crippen LogP contribution in [0.3, 0.4) is 0 Å². The molecule has 4 aromatic rings. The lowest BCUT2D eigenvalue weighted by molar-refractivity contribution is 0.0606. The number of benzene rings is 2. The molecule has 0 aliphatic carbocycles. The van der Waals surface area contributed by atoms with Crippen LogP contribution in [-0.4, -0.2) is 28.0 Å². The maximum absolute atomic E-state index is 11.9. The van der Waals surface area contributed by atoms with Crippen LogP contribution in [0.2, 0.25) is 5.02 Å². The number of hydrogen-bond donors (Lipinski definition) is 2. The van der Waals surface area contributed by atoms with Crippen molar-refractivity contribution in [1.82, 2.24) is 9.78 Å². The first-order chi connectivity index (χ1) is 14.9. The van der Waals surface area contributed by atoms with E-state index in [2.05, 4.69) is 46.9 Å². The normalized spacial score (nSPS) is 10.8. The first kappa shape index (κ1) is 21.3. The SMILES string of the molecule is COC(=O)c1sc2cc(NC(=S)Nc3ccn(Cc4ccc(C)cc4)n3)ccc2c1Cl. The number of hydrogen-bond acceptors (Lipinski definition) is 5. The van der Waals surface area contributed by atoms with Gasteiger partial charge in [-0.25, -0.2) is 4.79 Å². The van der Waals surface area contributed by atoms with Crippen LogP contribution in [0.4, 0.5) is 11.5 Å². The predicted octanol–water partition coefficient (Wildman–Crippen LogP) is 5.70. The summed E-state index contributed by atoms with van der Waals surface area (Å²) in [6.07, 6.45) is 1.90. The zero-order valence-corrected chi connectivity index (χ0v) is 19.2. The average molecular weight is 471 g/mol. The van der Waals surface area contributed by atoms with E-state index < -0.39 is 5.97 Å². The number of thiocarbonyl (C=S) groups is 1. The van der Waals surface area contributed by atoms with E-state index in [-0.39, 0.29) is 0 Å². The van der Waals surface area contributed by atoms with Crippen LogP contribution in [0.25, 0.3) is 10.1 Å². The van der Waals surface area contributed by atoms with E-state index in [9.17, 15) is 4.79 Å². The summed E-state index contributed by atoms with van der Waals surface area (Å²) in [5.74, 6) is 0.206. The van der Waals surface area contributed by atoms with Crippen molar-refractivity contribution in [3.05, 3.63) is 75.8 Å². The van der Waals surface area contributed by atoms with Crippen molar-refractivity contribution in [2.75, 3.05) is 17.7 Å². The number of aryl methyl sites for hydroxylation is 1. The second kappa shape index (κ2) is 9.05. The number of rotatable bonds is 5. The fourth-order valence-corrected chi connectivity index (χ4v) is 4.73. The molecule has 0 bridgehead atoms. The Labute approximate surface area is 193 Å². The van der Waals surface area contributed by atoms with Crippen molar-refractivity contribution in [3.8, 4) is 0 Å². The zero-order valence-electron chi connectivity index (χ0n) is 16.8. The predicted molar refractivity (Wildman–Crippen MR) is 131 cm³/mol. The number of aromatic nitrogens is 2. The summed E-state index contributed by atoms with van der Waals surface area (Å²) in [7, 11) is 1.34. The minimum absolute atomic E-state index is 0.385.